The van der Waals surface area contributed by atoms with Gasteiger partial charge in [-0.05, 0) is 19.1 Å². The SMILES string of the molecule is Cc1cccc(N2CCN(S(=O)(=O)c3c(F)c(F)c(F)c(F)c3F)CC2)n1. The predicted molar refractivity (Wildman–Crippen MR) is 86.2 cm³/mol. The Morgan fingerprint density at radius 2 is 1.37 bits per heavy atom. The Morgan fingerprint density at radius 1 is 0.852 bits per heavy atom. The summed E-state index contributed by atoms with van der Waals surface area (Å²) in [5.41, 5.74) is 0.754. The van der Waals surface area contributed by atoms with Gasteiger partial charge in [-0.1, -0.05) is 6.07 Å². The van der Waals surface area contributed by atoms with Crippen LogP contribution in [0.4, 0.5) is 27.8 Å². The molecule has 0 aliphatic carbocycles. The summed E-state index contributed by atoms with van der Waals surface area (Å²) in [5, 5.41) is 0. The number of rotatable bonds is 3. The fourth-order valence-electron chi connectivity index (χ4n) is 2.80. The Morgan fingerprint density at radius 3 is 1.89 bits per heavy atom. The molecule has 1 aliphatic heterocycles. The highest BCUT2D eigenvalue weighted by molar-refractivity contribution is 7.89. The first-order valence-electron chi connectivity index (χ1n) is 7.84. The van der Waals surface area contributed by atoms with Crippen molar-refractivity contribution in [3.63, 3.8) is 0 Å². The molecule has 0 spiro atoms. The Balaban J connectivity index is 1.88. The van der Waals surface area contributed by atoms with Gasteiger partial charge in [0, 0.05) is 31.9 Å². The smallest absolute Gasteiger partial charge is 0.249 e. The Bertz CT molecular complexity index is 963. The number of aromatic nitrogens is 1. The molecule has 0 radical (unpaired) electrons. The molecule has 1 fully saturated rings. The van der Waals surface area contributed by atoms with Crippen LogP contribution in [0.15, 0.2) is 23.1 Å². The summed E-state index contributed by atoms with van der Waals surface area (Å²) in [7, 11) is -4.91. The number of nitrogens with zero attached hydrogens (tertiary/aromatic N) is 3. The van der Waals surface area contributed by atoms with E-state index in [9.17, 15) is 30.4 Å². The Kier molecular flexibility index (Phi) is 5.08. The van der Waals surface area contributed by atoms with E-state index >= 15 is 0 Å². The van der Waals surface area contributed by atoms with Crippen LogP contribution in [0.5, 0.6) is 0 Å². The third-order valence-corrected chi connectivity index (χ3v) is 6.12. The van der Waals surface area contributed by atoms with Crippen LogP contribution < -0.4 is 4.90 Å². The van der Waals surface area contributed by atoms with E-state index in [0.29, 0.717) is 10.1 Å². The lowest BCUT2D eigenvalue weighted by Crippen LogP contribution is -2.49. The van der Waals surface area contributed by atoms with Crippen LogP contribution in [0.1, 0.15) is 5.69 Å². The van der Waals surface area contributed by atoms with Crippen molar-refractivity contribution in [3.05, 3.63) is 53.0 Å². The number of hydrogen-bond donors (Lipinski definition) is 0. The van der Waals surface area contributed by atoms with Gasteiger partial charge in [-0.15, -0.1) is 0 Å². The summed E-state index contributed by atoms with van der Waals surface area (Å²) < 4.78 is 93.3. The molecule has 3 rings (SSSR count). The molecule has 11 heteroatoms. The number of sulfonamides is 1. The van der Waals surface area contributed by atoms with E-state index in [2.05, 4.69) is 4.98 Å². The maximum absolute atomic E-state index is 13.9. The van der Waals surface area contributed by atoms with E-state index in [1.807, 2.05) is 0 Å². The fraction of sp³-hybridized carbons (Fsp3) is 0.312. The Labute approximate surface area is 152 Å². The third kappa shape index (κ3) is 3.36. The molecule has 2 aromatic rings. The van der Waals surface area contributed by atoms with E-state index in [-0.39, 0.29) is 26.2 Å². The first-order valence-corrected chi connectivity index (χ1v) is 9.28. The molecular weight excluding hydrogens is 393 g/mol. The van der Waals surface area contributed by atoms with Gasteiger partial charge < -0.3 is 4.90 Å². The van der Waals surface area contributed by atoms with E-state index < -0.39 is 44.0 Å². The van der Waals surface area contributed by atoms with Gasteiger partial charge in [0.25, 0.3) is 0 Å². The van der Waals surface area contributed by atoms with Crippen LogP contribution in [0.25, 0.3) is 0 Å². The number of benzene rings is 1. The molecule has 0 atom stereocenters. The van der Waals surface area contributed by atoms with Gasteiger partial charge >= 0.3 is 0 Å². The molecule has 5 nitrogen and oxygen atoms in total. The largest absolute Gasteiger partial charge is 0.354 e. The lowest BCUT2D eigenvalue weighted by atomic mass is 10.3. The molecule has 1 aliphatic rings. The lowest BCUT2D eigenvalue weighted by Gasteiger charge is -2.34. The molecule has 0 amide bonds. The first kappa shape index (κ1) is 19.5. The van der Waals surface area contributed by atoms with Crippen molar-refractivity contribution in [2.45, 2.75) is 11.8 Å². The number of halogens is 5. The highest BCUT2D eigenvalue weighted by Crippen LogP contribution is 2.29. The topological polar surface area (TPSA) is 53.5 Å². The van der Waals surface area contributed by atoms with Crippen molar-refractivity contribution in [3.8, 4) is 0 Å². The summed E-state index contributed by atoms with van der Waals surface area (Å²) in [6.45, 7) is 1.68. The number of piperazine rings is 1. The van der Waals surface area contributed by atoms with Gasteiger partial charge in [0.1, 0.15) is 5.82 Å². The number of pyridine rings is 1. The van der Waals surface area contributed by atoms with Crippen LogP contribution in [0.2, 0.25) is 0 Å². The minimum absolute atomic E-state index is 0.144. The van der Waals surface area contributed by atoms with Crippen LogP contribution >= 0.6 is 0 Å². The predicted octanol–water partition coefficient (Wildman–Crippen LogP) is 2.60. The molecule has 1 aromatic heterocycles. The van der Waals surface area contributed by atoms with E-state index in [1.165, 1.54) is 0 Å². The molecule has 1 saturated heterocycles. The van der Waals surface area contributed by atoms with Crippen molar-refractivity contribution < 1.29 is 30.4 Å². The normalized spacial score (nSPS) is 16.0. The fourth-order valence-corrected chi connectivity index (χ4v) is 4.34. The summed E-state index contributed by atoms with van der Waals surface area (Å²) in [6.07, 6.45) is 0. The van der Waals surface area contributed by atoms with E-state index in [0.717, 1.165) is 5.69 Å². The van der Waals surface area contributed by atoms with Gasteiger partial charge in [0.15, 0.2) is 28.2 Å². The second kappa shape index (κ2) is 7.04. The summed E-state index contributed by atoms with van der Waals surface area (Å²) in [6, 6.07) is 5.28. The molecule has 0 bridgehead atoms. The minimum atomic E-state index is -4.91. The first-order chi connectivity index (χ1) is 12.6. The quantitative estimate of drug-likeness (QED) is 0.446. The van der Waals surface area contributed by atoms with Crippen LogP contribution in [0, 0.1) is 36.0 Å². The monoisotopic (exact) mass is 407 g/mol. The van der Waals surface area contributed by atoms with Crippen molar-refractivity contribution in [2.75, 3.05) is 31.1 Å². The number of aryl methyl sites for hydroxylation is 1. The van der Waals surface area contributed by atoms with Crippen LogP contribution in [0.3, 0.4) is 0 Å². The van der Waals surface area contributed by atoms with Gasteiger partial charge in [-0.3, -0.25) is 0 Å². The van der Waals surface area contributed by atoms with Crippen LogP contribution in [-0.2, 0) is 10.0 Å². The van der Waals surface area contributed by atoms with Gasteiger partial charge in [-0.25, -0.2) is 35.4 Å². The summed E-state index contributed by atoms with van der Waals surface area (Å²) in [5.74, 6) is -11.1. The maximum Gasteiger partial charge on any atom is 0.249 e. The lowest BCUT2D eigenvalue weighted by molar-refractivity contribution is 0.344. The molecular formula is C16H14F5N3O2S. The zero-order valence-corrected chi connectivity index (χ0v) is 14.8. The molecule has 0 saturated carbocycles. The van der Waals surface area contributed by atoms with Crippen molar-refractivity contribution in [1.29, 1.82) is 0 Å². The standard InChI is InChI=1S/C16H14F5N3O2S/c1-9-3-2-4-10(22-9)23-5-7-24(8-6-23)27(25,26)16-14(20)12(18)11(17)13(19)15(16)21/h2-4H,5-8H2,1H3. The second-order valence-electron chi connectivity index (χ2n) is 5.93. The third-order valence-electron chi connectivity index (χ3n) is 4.20. The highest BCUT2D eigenvalue weighted by atomic mass is 32.2. The van der Waals surface area contributed by atoms with Crippen LogP contribution in [-0.4, -0.2) is 43.9 Å². The van der Waals surface area contributed by atoms with Gasteiger partial charge in [-0.2, -0.15) is 4.31 Å². The van der Waals surface area contributed by atoms with E-state index in [1.54, 1.807) is 30.0 Å². The molecule has 1 aromatic carbocycles. The zero-order valence-electron chi connectivity index (χ0n) is 14.0. The molecule has 2 heterocycles. The van der Waals surface area contributed by atoms with Crippen molar-refractivity contribution >= 4 is 15.8 Å². The maximum atomic E-state index is 13.9. The molecule has 146 valence electrons. The van der Waals surface area contributed by atoms with Crippen molar-refractivity contribution in [2.24, 2.45) is 0 Å². The molecule has 27 heavy (non-hydrogen) atoms. The number of hydrogen-bond acceptors (Lipinski definition) is 4. The second-order valence-corrected chi connectivity index (χ2v) is 7.80. The zero-order chi connectivity index (χ0) is 19.9. The molecule has 0 N–H and O–H groups in total. The van der Waals surface area contributed by atoms with Gasteiger partial charge in [0.05, 0.1) is 0 Å². The highest BCUT2D eigenvalue weighted by Gasteiger charge is 2.38. The average Bonchev–Trinajstić information content (AvgIpc) is 2.65. The minimum Gasteiger partial charge on any atom is -0.354 e. The van der Waals surface area contributed by atoms with E-state index in [4.69, 9.17) is 0 Å². The number of anilines is 1. The summed E-state index contributed by atoms with van der Waals surface area (Å²) in [4.78, 5) is 4.23. The molecule has 0 unspecified atom stereocenters. The van der Waals surface area contributed by atoms with Crippen molar-refractivity contribution in [1.82, 2.24) is 9.29 Å². The summed E-state index contributed by atoms with van der Waals surface area (Å²) >= 11 is 0. The Hall–Kier alpha value is -2.27. The average molecular weight is 407 g/mol. The van der Waals surface area contributed by atoms with Gasteiger partial charge in [0.2, 0.25) is 15.8 Å².